The summed E-state index contributed by atoms with van der Waals surface area (Å²) in [5, 5.41) is 6.75. The molecule has 0 aromatic heterocycles. The predicted octanol–water partition coefficient (Wildman–Crippen LogP) is 0.551. The lowest BCUT2D eigenvalue weighted by molar-refractivity contribution is 0.434. The van der Waals surface area contributed by atoms with Crippen molar-refractivity contribution in [3.8, 4) is 0 Å². The number of hydrogen-bond donors (Lipinski definition) is 2. The van der Waals surface area contributed by atoms with Crippen LogP contribution in [0.2, 0.25) is 0 Å². The fraction of sp³-hybridized carbons (Fsp3) is 1.00. The molecule has 0 aromatic rings. The molecule has 0 unspecified atom stereocenters. The Morgan fingerprint density at radius 3 is 2.33 bits per heavy atom. The molecule has 0 radical (unpaired) electrons. The maximum Gasteiger partial charge on any atom is 0.0575 e. The molecule has 9 heavy (non-hydrogen) atoms. The zero-order valence-electron chi connectivity index (χ0n) is 6.28. The summed E-state index contributed by atoms with van der Waals surface area (Å²) in [6.07, 6.45) is 1.84. The summed E-state index contributed by atoms with van der Waals surface area (Å²) in [4.78, 5) is 0. The van der Waals surface area contributed by atoms with Gasteiger partial charge in [0.1, 0.15) is 0 Å². The Hall–Kier alpha value is -0.0800. The van der Waals surface area contributed by atoms with Crippen LogP contribution in [0.15, 0.2) is 0 Å². The Kier molecular flexibility index (Phi) is 2.49. The fourth-order valence-electron chi connectivity index (χ4n) is 1.20. The zero-order chi connectivity index (χ0) is 6.69. The van der Waals surface area contributed by atoms with Crippen molar-refractivity contribution in [2.24, 2.45) is 5.92 Å². The number of hydrogen-bond acceptors (Lipinski definition) is 2. The topological polar surface area (TPSA) is 24.1 Å². The van der Waals surface area contributed by atoms with E-state index in [4.69, 9.17) is 0 Å². The molecule has 1 aliphatic heterocycles. The molecule has 0 aromatic carbocycles. The van der Waals surface area contributed by atoms with Crippen LogP contribution in [0, 0.1) is 5.92 Å². The molecule has 54 valence electrons. The molecule has 1 fully saturated rings. The second-order valence-corrected chi connectivity index (χ2v) is 3.09. The molecule has 2 nitrogen and oxygen atoms in total. The Morgan fingerprint density at radius 1 is 1.33 bits per heavy atom. The highest BCUT2D eigenvalue weighted by Gasteiger charge is 2.12. The minimum absolute atomic E-state index is 0.588. The molecule has 0 aliphatic carbocycles. The second-order valence-electron chi connectivity index (χ2n) is 3.09. The van der Waals surface area contributed by atoms with Crippen molar-refractivity contribution in [1.29, 1.82) is 0 Å². The standard InChI is InChI=1S/C7H16N2/c1-6(2)5-7-8-3-4-9-7/h6-9H,3-5H2,1-2H3. The Bertz CT molecular complexity index is 75.0. The van der Waals surface area contributed by atoms with Gasteiger partial charge in [0.2, 0.25) is 0 Å². The minimum atomic E-state index is 0.588. The molecule has 1 saturated heterocycles. The van der Waals surface area contributed by atoms with Crippen molar-refractivity contribution >= 4 is 0 Å². The van der Waals surface area contributed by atoms with Crippen molar-refractivity contribution in [3.63, 3.8) is 0 Å². The summed E-state index contributed by atoms with van der Waals surface area (Å²) in [5.74, 6) is 0.799. The van der Waals surface area contributed by atoms with Crippen LogP contribution in [0.5, 0.6) is 0 Å². The first-order chi connectivity index (χ1) is 4.29. The quantitative estimate of drug-likeness (QED) is 0.567. The van der Waals surface area contributed by atoms with E-state index in [1.165, 1.54) is 6.42 Å². The van der Waals surface area contributed by atoms with Gasteiger partial charge >= 0.3 is 0 Å². The Labute approximate surface area is 57.0 Å². The van der Waals surface area contributed by atoms with Gasteiger partial charge in [0.05, 0.1) is 6.17 Å². The molecule has 2 N–H and O–H groups in total. The van der Waals surface area contributed by atoms with Crippen LogP contribution in [0.3, 0.4) is 0 Å². The van der Waals surface area contributed by atoms with Gasteiger partial charge < -0.3 is 10.6 Å². The van der Waals surface area contributed by atoms with E-state index in [-0.39, 0.29) is 0 Å². The van der Waals surface area contributed by atoms with Crippen molar-refractivity contribution in [3.05, 3.63) is 0 Å². The van der Waals surface area contributed by atoms with Gasteiger partial charge in [0.15, 0.2) is 0 Å². The Morgan fingerprint density at radius 2 is 1.89 bits per heavy atom. The first kappa shape index (κ1) is 7.03. The van der Waals surface area contributed by atoms with Crippen LogP contribution in [-0.4, -0.2) is 19.3 Å². The molecule has 0 amide bonds. The first-order valence-electron chi connectivity index (χ1n) is 3.76. The van der Waals surface area contributed by atoms with Crippen LogP contribution in [0.4, 0.5) is 0 Å². The third kappa shape index (κ3) is 2.33. The van der Waals surface area contributed by atoms with E-state index in [2.05, 4.69) is 24.5 Å². The maximum absolute atomic E-state index is 3.38. The van der Waals surface area contributed by atoms with Crippen LogP contribution in [-0.2, 0) is 0 Å². The molecule has 0 saturated carbocycles. The van der Waals surface area contributed by atoms with Gasteiger partial charge in [0.25, 0.3) is 0 Å². The molecule has 0 spiro atoms. The average Bonchev–Trinajstić information content (AvgIpc) is 2.15. The maximum atomic E-state index is 3.38. The van der Waals surface area contributed by atoms with Crippen LogP contribution < -0.4 is 10.6 Å². The van der Waals surface area contributed by atoms with Crippen LogP contribution in [0.1, 0.15) is 20.3 Å². The third-order valence-corrected chi connectivity index (χ3v) is 1.61. The lowest BCUT2D eigenvalue weighted by Gasteiger charge is -2.12. The van der Waals surface area contributed by atoms with Crippen molar-refractivity contribution in [2.75, 3.05) is 13.1 Å². The number of rotatable bonds is 2. The van der Waals surface area contributed by atoms with E-state index >= 15 is 0 Å². The average molecular weight is 128 g/mol. The van der Waals surface area contributed by atoms with Crippen molar-refractivity contribution in [1.82, 2.24) is 10.6 Å². The molecular weight excluding hydrogens is 112 g/mol. The van der Waals surface area contributed by atoms with Crippen LogP contribution in [0.25, 0.3) is 0 Å². The lowest BCUT2D eigenvalue weighted by atomic mass is 10.1. The predicted molar refractivity (Wildman–Crippen MR) is 39.2 cm³/mol. The van der Waals surface area contributed by atoms with E-state index in [9.17, 15) is 0 Å². The zero-order valence-corrected chi connectivity index (χ0v) is 6.28. The highest BCUT2D eigenvalue weighted by molar-refractivity contribution is 4.73. The molecule has 1 aliphatic rings. The summed E-state index contributed by atoms with van der Waals surface area (Å²) < 4.78 is 0. The lowest BCUT2D eigenvalue weighted by Crippen LogP contribution is -2.32. The van der Waals surface area contributed by atoms with Gasteiger partial charge in [-0.3, -0.25) is 0 Å². The van der Waals surface area contributed by atoms with Gasteiger partial charge in [-0.2, -0.15) is 0 Å². The smallest absolute Gasteiger partial charge is 0.0575 e. The SMILES string of the molecule is CC(C)CC1NCCN1. The number of nitrogens with one attached hydrogen (secondary N) is 2. The molecule has 0 atom stereocenters. The van der Waals surface area contributed by atoms with Gasteiger partial charge in [-0.25, -0.2) is 0 Å². The van der Waals surface area contributed by atoms with E-state index in [0.29, 0.717) is 6.17 Å². The van der Waals surface area contributed by atoms with Crippen molar-refractivity contribution < 1.29 is 0 Å². The van der Waals surface area contributed by atoms with Crippen molar-refractivity contribution in [2.45, 2.75) is 26.4 Å². The summed E-state index contributed by atoms with van der Waals surface area (Å²) in [6, 6.07) is 0. The summed E-state index contributed by atoms with van der Waals surface area (Å²) >= 11 is 0. The van der Waals surface area contributed by atoms with E-state index in [0.717, 1.165) is 19.0 Å². The monoisotopic (exact) mass is 128 g/mol. The van der Waals surface area contributed by atoms with E-state index in [1.54, 1.807) is 0 Å². The largest absolute Gasteiger partial charge is 0.301 e. The first-order valence-corrected chi connectivity index (χ1v) is 3.76. The molecule has 1 heterocycles. The molecule has 0 bridgehead atoms. The summed E-state index contributed by atoms with van der Waals surface area (Å²) in [5.41, 5.74) is 0. The summed E-state index contributed by atoms with van der Waals surface area (Å²) in [7, 11) is 0. The molecule has 2 heteroatoms. The highest BCUT2D eigenvalue weighted by atomic mass is 15.2. The van der Waals surface area contributed by atoms with Gasteiger partial charge in [-0.05, 0) is 12.3 Å². The van der Waals surface area contributed by atoms with Gasteiger partial charge in [0, 0.05) is 13.1 Å². The van der Waals surface area contributed by atoms with Gasteiger partial charge in [-0.1, -0.05) is 13.8 Å². The second kappa shape index (κ2) is 3.18. The minimum Gasteiger partial charge on any atom is -0.301 e. The highest BCUT2D eigenvalue weighted by Crippen LogP contribution is 2.03. The normalized spacial score (nSPS) is 21.7. The fourth-order valence-corrected chi connectivity index (χ4v) is 1.20. The third-order valence-electron chi connectivity index (χ3n) is 1.61. The summed E-state index contributed by atoms with van der Waals surface area (Å²) in [6.45, 7) is 6.78. The Balaban J connectivity index is 2.11. The van der Waals surface area contributed by atoms with E-state index in [1.807, 2.05) is 0 Å². The van der Waals surface area contributed by atoms with Crippen LogP contribution >= 0.6 is 0 Å². The molecule has 1 rings (SSSR count). The van der Waals surface area contributed by atoms with E-state index < -0.39 is 0 Å². The molecular formula is C7H16N2. The van der Waals surface area contributed by atoms with Gasteiger partial charge in [-0.15, -0.1) is 0 Å².